The number of anilines is 2. The van der Waals surface area contributed by atoms with Crippen molar-refractivity contribution in [1.82, 2.24) is 0 Å². The molecule has 2 aromatic carbocycles. The van der Waals surface area contributed by atoms with Gasteiger partial charge in [0.15, 0.2) is 0 Å². The van der Waals surface area contributed by atoms with Crippen molar-refractivity contribution < 1.29 is 14.5 Å². The number of piperidine rings is 1. The molecule has 2 aromatic rings. The maximum atomic E-state index is 12.6. The van der Waals surface area contributed by atoms with Crippen molar-refractivity contribution in [3.05, 3.63) is 57.1 Å². The van der Waals surface area contributed by atoms with Gasteiger partial charge < -0.3 is 15.0 Å². The fourth-order valence-corrected chi connectivity index (χ4v) is 3.62. The largest absolute Gasteiger partial charge is 0.495 e. The van der Waals surface area contributed by atoms with Gasteiger partial charge in [0.2, 0.25) is 5.91 Å². The fourth-order valence-electron chi connectivity index (χ4n) is 3.28. The Morgan fingerprint density at radius 3 is 2.63 bits per heavy atom. The minimum Gasteiger partial charge on any atom is -0.495 e. The molecule has 1 aliphatic rings. The summed E-state index contributed by atoms with van der Waals surface area (Å²) in [5.74, 6) is 0.430. The number of carbonyl (C=O) groups is 1. The lowest BCUT2D eigenvalue weighted by Crippen LogP contribution is -2.38. The molecule has 0 bridgehead atoms. The van der Waals surface area contributed by atoms with Crippen LogP contribution in [-0.4, -0.2) is 31.0 Å². The fraction of sp³-hybridized carbons (Fsp3) is 0.316. The Labute approximate surface area is 165 Å². The van der Waals surface area contributed by atoms with Crippen LogP contribution < -0.4 is 15.0 Å². The number of amides is 1. The Morgan fingerprint density at radius 2 is 1.96 bits per heavy atom. The van der Waals surface area contributed by atoms with E-state index in [2.05, 4.69) is 21.2 Å². The number of carbonyl (C=O) groups excluding carboxylic acids is 1. The van der Waals surface area contributed by atoms with E-state index in [4.69, 9.17) is 4.74 Å². The predicted molar refractivity (Wildman–Crippen MR) is 107 cm³/mol. The molecule has 1 amide bonds. The first-order valence-corrected chi connectivity index (χ1v) is 9.41. The van der Waals surface area contributed by atoms with Crippen LogP contribution in [0.5, 0.6) is 5.75 Å². The quantitative estimate of drug-likeness (QED) is 0.563. The van der Waals surface area contributed by atoms with E-state index in [-0.39, 0.29) is 22.4 Å². The van der Waals surface area contributed by atoms with E-state index in [0.29, 0.717) is 47.5 Å². The van der Waals surface area contributed by atoms with Gasteiger partial charge >= 0.3 is 0 Å². The number of nitro groups is 1. The first-order chi connectivity index (χ1) is 13.0. The third-order valence-electron chi connectivity index (χ3n) is 4.71. The topological polar surface area (TPSA) is 84.7 Å². The van der Waals surface area contributed by atoms with Gasteiger partial charge in [0.05, 0.1) is 17.7 Å². The normalized spacial score (nSPS) is 14.7. The number of methoxy groups -OCH3 is 1. The lowest BCUT2D eigenvalue weighted by atomic mass is 9.95. The number of rotatable bonds is 5. The average Bonchev–Trinajstić information content (AvgIpc) is 2.68. The predicted octanol–water partition coefficient (Wildman–Crippen LogP) is 4.22. The van der Waals surface area contributed by atoms with Crippen LogP contribution in [0.3, 0.4) is 0 Å². The van der Waals surface area contributed by atoms with Gasteiger partial charge in [-0.25, -0.2) is 0 Å². The zero-order valence-electron chi connectivity index (χ0n) is 14.9. The van der Waals surface area contributed by atoms with Crippen LogP contribution in [0.25, 0.3) is 0 Å². The molecule has 0 atom stereocenters. The number of hydrogen-bond donors (Lipinski definition) is 1. The minimum atomic E-state index is -0.374. The lowest BCUT2D eigenvalue weighted by Gasteiger charge is -2.32. The molecule has 0 saturated carbocycles. The van der Waals surface area contributed by atoms with Gasteiger partial charge in [-0.3, -0.25) is 14.9 Å². The third kappa shape index (κ3) is 4.39. The van der Waals surface area contributed by atoms with Crippen LogP contribution in [0.2, 0.25) is 0 Å². The molecule has 8 heteroatoms. The number of ether oxygens (including phenoxy) is 1. The third-order valence-corrected chi connectivity index (χ3v) is 5.20. The van der Waals surface area contributed by atoms with Gasteiger partial charge in [-0.2, -0.15) is 0 Å². The molecule has 1 saturated heterocycles. The van der Waals surface area contributed by atoms with Crippen LogP contribution in [-0.2, 0) is 4.79 Å². The summed E-state index contributed by atoms with van der Waals surface area (Å²) in [6.45, 7) is 1.18. The second-order valence-corrected chi connectivity index (χ2v) is 7.26. The van der Waals surface area contributed by atoms with E-state index in [1.165, 1.54) is 6.07 Å². The molecular weight excluding hydrogens is 414 g/mol. The summed E-state index contributed by atoms with van der Waals surface area (Å²) in [5.41, 5.74) is 1.31. The summed E-state index contributed by atoms with van der Waals surface area (Å²) in [6.07, 6.45) is 1.27. The maximum absolute atomic E-state index is 12.6. The molecule has 27 heavy (non-hydrogen) atoms. The maximum Gasteiger partial charge on any atom is 0.293 e. The van der Waals surface area contributed by atoms with Crippen molar-refractivity contribution in [2.24, 2.45) is 5.92 Å². The first-order valence-electron chi connectivity index (χ1n) is 8.62. The van der Waals surface area contributed by atoms with Gasteiger partial charge in [0, 0.05) is 29.5 Å². The number of halogens is 1. The van der Waals surface area contributed by atoms with E-state index in [1.807, 2.05) is 17.0 Å². The van der Waals surface area contributed by atoms with E-state index in [0.717, 1.165) is 0 Å². The molecule has 1 fully saturated rings. The zero-order valence-corrected chi connectivity index (χ0v) is 16.4. The number of benzene rings is 2. The summed E-state index contributed by atoms with van der Waals surface area (Å²) < 4.78 is 5.93. The number of nitro benzene ring substituents is 1. The molecule has 1 aliphatic heterocycles. The molecule has 0 spiro atoms. The van der Waals surface area contributed by atoms with Crippen molar-refractivity contribution in [2.75, 3.05) is 30.4 Å². The van der Waals surface area contributed by atoms with Gasteiger partial charge in [0.25, 0.3) is 5.69 Å². The number of nitrogens with one attached hydrogen (secondary N) is 1. The molecular formula is C19H20BrN3O4. The Kier molecular flexibility index (Phi) is 5.95. The van der Waals surface area contributed by atoms with Crippen LogP contribution >= 0.6 is 15.9 Å². The van der Waals surface area contributed by atoms with E-state index in [1.54, 1.807) is 31.4 Å². The molecule has 0 radical (unpaired) electrons. The summed E-state index contributed by atoms with van der Waals surface area (Å²) in [6, 6.07) is 12.3. The molecule has 1 N–H and O–H groups in total. The van der Waals surface area contributed by atoms with Gasteiger partial charge in [0.1, 0.15) is 11.4 Å². The lowest BCUT2D eigenvalue weighted by molar-refractivity contribution is -0.384. The highest BCUT2D eigenvalue weighted by Crippen LogP contribution is 2.34. The number of nitrogens with zero attached hydrogens (tertiary/aromatic N) is 2. The molecule has 0 unspecified atom stereocenters. The van der Waals surface area contributed by atoms with Crippen molar-refractivity contribution in [1.29, 1.82) is 0 Å². The Morgan fingerprint density at radius 1 is 1.26 bits per heavy atom. The molecule has 3 rings (SSSR count). The highest BCUT2D eigenvalue weighted by Gasteiger charge is 2.28. The SMILES string of the molecule is COc1ccccc1NC(=O)C1CCN(c2ccc(Br)cc2[N+](=O)[O-])CC1. The minimum absolute atomic E-state index is 0.0514. The van der Waals surface area contributed by atoms with Crippen molar-refractivity contribution in [2.45, 2.75) is 12.8 Å². The van der Waals surface area contributed by atoms with Crippen molar-refractivity contribution in [3.8, 4) is 5.75 Å². The van der Waals surface area contributed by atoms with Gasteiger partial charge in [-0.05, 0) is 37.1 Å². The number of hydrogen-bond acceptors (Lipinski definition) is 5. The second-order valence-electron chi connectivity index (χ2n) is 6.34. The standard InChI is InChI=1S/C19H20BrN3O4/c1-27-18-5-3-2-4-15(18)21-19(24)13-8-10-22(11-9-13)16-7-6-14(20)12-17(16)23(25)26/h2-7,12-13H,8-11H2,1H3,(H,21,24). The molecule has 0 aromatic heterocycles. The van der Waals surface area contributed by atoms with Crippen LogP contribution in [0.15, 0.2) is 46.9 Å². The van der Waals surface area contributed by atoms with Crippen molar-refractivity contribution >= 4 is 38.9 Å². The molecule has 1 heterocycles. The summed E-state index contributed by atoms with van der Waals surface area (Å²) in [7, 11) is 1.56. The van der Waals surface area contributed by atoms with Gasteiger partial charge in [-0.1, -0.05) is 28.1 Å². The van der Waals surface area contributed by atoms with Crippen LogP contribution in [0.4, 0.5) is 17.1 Å². The highest BCUT2D eigenvalue weighted by atomic mass is 79.9. The van der Waals surface area contributed by atoms with Crippen LogP contribution in [0, 0.1) is 16.0 Å². The van der Waals surface area contributed by atoms with Crippen molar-refractivity contribution in [3.63, 3.8) is 0 Å². The highest BCUT2D eigenvalue weighted by molar-refractivity contribution is 9.10. The van der Waals surface area contributed by atoms with Crippen LogP contribution in [0.1, 0.15) is 12.8 Å². The van der Waals surface area contributed by atoms with Gasteiger partial charge in [-0.15, -0.1) is 0 Å². The summed E-state index contributed by atoms with van der Waals surface area (Å²) in [4.78, 5) is 25.5. The monoisotopic (exact) mass is 433 g/mol. The summed E-state index contributed by atoms with van der Waals surface area (Å²) in [5, 5.41) is 14.3. The van der Waals surface area contributed by atoms with E-state index >= 15 is 0 Å². The number of para-hydroxylation sites is 2. The first kappa shape index (κ1) is 19.2. The zero-order chi connectivity index (χ0) is 19.4. The molecule has 0 aliphatic carbocycles. The second kappa shape index (κ2) is 8.39. The van der Waals surface area contributed by atoms with E-state index < -0.39 is 0 Å². The Hall–Kier alpha value is -2.61. The Balaban J connectivity index is 1.65. The van der Waals surface area contributed by atoms with E-state index in [9.17, 15) is 14.9 Å². The average molecular weight is 434 g/mol. The summed E-state index contributed by atoms with van der Waals surface area (Å²) >= 11 is 3.27. The molecule has 142 valence electrons. The smallest absolute Gasteiger partial charge is 0.293 e. The molecule has 7 nitrogen and oxygen atoms in total. The Bertz CT molecular complexity index is 851.